The summed E-state index contributed by atoms with van der Waals surface area (Å²) >= 11 is 0. The minimum Gasteiger partial charge on any atom is -0.354 e. The number of rotatable bonds is 3. The number of anilines is 3. The molecule has 0 aliphatic carbocycles. The monoisotopic (exact) mass is 343 g/mol. The molecule has 0 spiro atoms. The van der Waals surface area contributed by atoms with Crippen molar-refractivity contribution in [3.05, 3.63) is 83.2 Å². The molecule has 1 amide bonds. The van der Waals surface area contributed by atoms with E-state index < -0.39 is 0 Å². The molecule has 1 aliphatic rings. The molecule has 4 heteroatoms. The van der Waals surface area contributed by atoms with Crippen molar-refractivity contribution in [3.63, 3.8) is 0 Å². The standard InChI is InChI=1S/C22H21N3O/c1-15-7-8-20(16(2)11-15)24-19-12-18(13-23-14-19)22(26)25-10-9-17-5-3-4-6-21(17)25/h3-8,11-14,24H,9-10H2,1-2H3. The topological polar surface area (TPSA) is 45.2 Å². The normalized spacial score (nSPS) is 12.8. The van der Waals surface area contributed by atoms with Crippen LogP contribution in [0, 0.1) is 13.8 Å². The third-order valence-electron chi connectivity index (χ3n) is 4.78. The highest BCUT2D eigenvalue weighted by molar-refractivity contribution is 6.07. The number of hydrogen-bond donors (Lipinski definition) is 1. The third-order valence-corrected chi connectivity index (χ3v) is 4.78. The maximum atomic E-state index is 13.0. The van der Waals surface area contributed by atoms with Gasteiger partial charge in [-0.2, -0.15) is 0 Å². The highest BCUT2D eigenvalue weighted by Crippen LogP contribution is 2.29. The number of para-hydroxylation sites is 1. The van der Waals surface area contributed by atoms with E-state index in [-0.39, 0.29) is 5.91 Å². The van der Waals surface area contributed by atoms with Gasteiger partial charge in [0.1, 0.15) is 0 Å². The molecular formula is C22H21N3O. The van der Waals surface area contributed by atoms with Crippen molar-refractivity contribution in [3.8, 4) is 0 Å². The van der Waals surface area contributed by atoms with Crippen LogP contribution >= 0.6 is 0 Å². The van der Waals surface area contributed by atoms with Crippen molar-refractivity contribution < 1.29 is 4.79 Å². The Morgan fingerprint density at radius 1 is 1.08 bits per heavy atom. The van der Waals surface area contributed by atoms with Crippen LogP contribution < -0.4 is 10.2 Å². The molecule has 2 aromatic carbocycles. The SMILES string of the molecule is Cc1ccc(Nc2cncc(C(=O)N3CCc4ccccc43)c2)c(C)c1. The maximum absolute atomic E-state index is 13.0. The number of carbonyl (C=O) groups excluding carboxylic acids is 1. The molecule has 0 saturated carbocycles. The summed E-state index contributed by atoms with van der Waals surface area (Å²) in [5.74, 6) is -0.00766. The Morgan fingerprint density at radius 3 is 2.77 bits per heavy atom. The van der Waals surface area contributed by atoms with Crippen LogP contribution in [0.25, 0.3) is 0 Å². The summed E-state index contributed by atoms with van der Waals surface area (Å²) in [5, 5.41) is 3.37. The van der Waals surface area contributed by atoms with E-state index in [1.165, 1.54) is 11.1 Å². The Labute approximate surface area is 153 Å². The fourth-order valence-corrected chi connectivity index (χ4v) is 3.44. The van der Waals surface area contributed by atoms with Crippen LogP contribution in [0.3, 0.4) is 0 Å². The summed E-state index contributed by atoms with van der Waals surface area (Å²) in [5.41, 5.74) is 7.04. The van der Waals surface area contributed by atoms with E-state index in [2.05, 4.69) is 48.4 Å². The number of hydrogen-bond acceptors (Lipinski definition) is 3. The number of pyridine rings is 1. The highest BCUT2D eigenvalue weighted by Gasteiger charge is 2.25. The van der Waals surface area contributed by atoms with Gasteiger partial charge in [0.25, 0.3) is 5.91 Å². The number of nitrogens with zero attached hydrogens (tertiary/aromatic N) is 2. The summed E-state index contributed by atoms with van der Waals surface area (Å²) in [6.45, 7) is 4.86. The largest absolute Gasteiger partial charge is 0.354 e. The molecule has 130 valence electrons. The van der Waals surface area contributed by atoms with Crippen LogP contribution in [0.2, 0.25) is 0 Å². The fraction of sp³-hybridized carbons (Fsp3) is 0.182. The lowest BCUT2D eigenvalue weighted by atomic mass is 10.1. The zero-order valence-corrected chi connectivity index (χ0v) is 15.0. The van der Waals surface area contributed by atoms with Gasteiger partial charge in [0.05, 0.1) is 17.4 Å². The lowest BCUT2D eigenvalue weighted by molar-refractivity contribution is 0.0989. The second kappa shape index (κ2) is 6.64. The Kier molecular flexibility index (Phi) is 4.17. The van der Waals surface area contributed by atoms with Gasteiger partial charge in [-0.3, -0.25) is 9.78 Å². The van der Waals surface area contributed by atoms with Crippen molar-refractivity contribution in [2.75, 3.05) is 16.8 Å². The summed E-state index contributed by atoms with van der Waals surface area (Å²) in [6.07, 6.45) is 4.28. The van der Waals surface area contributed by atoms with Crippen molar-refractivity contribution in [1.82, 2.24) is 4.98 Å². The molecule has 4 nitrogen and oxygen atoms in total. The second-order valence-electron chi connectivity index (χ2n) is 6.74. The zero-order chi connectivity index (χ0) is 18.1. The second-order valence-corrected chi connectivity index (χ2v) is 6.74. The van der Waals surface area contributed by atoms with Gasteiger partial charge in [0.2, 0.25) is 0 Å². The van der Waals surface area contributed by atoms with Crippen molar-refractivity contribution in [2.45, 2.75) is 20.3 Å². The van der Waals surface area contributed by atoms with Crippen molar-refractivity contribution in [1.29, 1.82) is 0 Å². The average Bonchev–Trinajstić information content (AvgIpc) is 3.08. The predicted molar refractivity (Wildman–Crippen MR) is 105 cm³/mol. The highest BCUT2D eigenvalue weighted by atomic mass is 16.2. The summed E-state index contributed by atoms with van der Waals surface area (Å²) in [6, 6.07) is 16.2. The van der Waals surface area contributed by atoms with Crippen LogP contribution in [-0.2, 0) is 6.42 Å². The minimum atomic E-state index is -0.00766. The predicted octanol–water partition coefficient (Wildman–Crippen LogP) is 4.64. The molecule has 0 fully saturated rings. The quantitative estimate of drug-likeness (QED) is 0.753. The van der Waals surface area contributed by atoms with Gasteiger partial charge in [-0.25, -0.2) is 0 Å². The summed E-state index contributed by atoms with van der Waals surface area (Å²) in [4.78, 5) is 19.1. The summed E-state index contributed by atoms with van der Waals surface area (Å²) in [7, 11) is 0. The molecule has 4 rings (SSSR count). The first-order valence-electron chi connectivity index (χ1n) is 8.81. The number of amides is 1. The Morgan fingerprint density at radius 2 is 1.92 bits per heavy atom. The number of aromatic nitrogens is 1. The van der Waals surface area contributed by atoms with E-state index in [0.29, 0.717) is 12.1 Å². The molecule has 1 aliphatic heterocycles. The lowest BCUT2D eigenvalue weighted by Crippen LogP contribution is -2.29. The van der Waals surface area contributed by atoms with Crippen LogP contribution in [0.5, 0.6) is 0 Å². The van der Waals surface area contributed by atoms with Gasteiger partial charge >= 0.3 is 0 Å². The number of nitrogens with one attached hydrogen (secondary N) is 1. The Bertz CT molecular complexity index is 981. The van der Waals surface area contributed by atoms with Gasteiger partial charge in [-0.05, 0) is 49.6 Å². The van der Waals surface area contributed by atoms with Crippen LogP contribution in [-0.4, -0.2) is 17.4 Å². The number of aryl methyl sites for hydroxylation is 2. The first kappa shape index (κ1) is 16.3. The van der Waals surface area contributed by atoms with E-state index >= 15 is 0 Å². The third kappa shape index (κ3) is 3.06. The van der Waals surface area contributed by atoms with E-state index in [0.717, 1.165) is 29.0 Å². The van der Waals surface area contributed by atoms with E-state index in [4.69, 9.17) is 0 Å². The van der Waals surface area contributed by atoms with Crippen LogP contribution in [0.1, 0.15) is 27.0 Å². The molecule has 1 aromatic heterocycles. The van der Waals surface area contributed by atoms with Gasteiger partial charge in [0.15, 0.2) is 0 Å². The van der Waals surface area contributed by atoms with Gasteiger partial charge in [-0.15, -0.1) is 0 Å². The van der Waals surface area contributed by atoms with Gasteiger partial charge in [0, 0.05) is 24.1 Å². The molecular weight excluding hydrogens is 322 g/mol. The molecule has 0 atom stereocenters. The van der Waals surface area contributed by atoms with Crippen molar-refractivity contribution in [2.24, 2.45) is 0 Å². The van der Waals surface area contributed by atoms with E-state index in [1.54, 1.807) is 12.4 Å². The molecule has 0 unspecified atom stereocenters. The van der Waals surface area contributed by atoms with E-state index in [9.17, 15) is 4.79 Å². The average molecular weight is 343 g/mol. The molecule has 1 N–H and O–H groups in total. The van der Waals surface area contributed by atoms with Crippen LogP contribution in [0.4, 0.5) is 17.1 Å². The lowest BCUT2D eigenvalue weighted by Gasteiger charge is -2.18. The fourth-order valence-electron chi connectivity index (χ4n) is 3.44. The number of benzene rings is 2. The van der Waals surface area contributed by atoms with Gasteiger partial charge in [-0.1, -0.05) is 35.9 Å². The summed E-state index contributed by atoms with van der Waals surface area (Å²) < 4.78 is 0. The van der Waals surface area contributed by atoms with Gasteiger partial charge < -0.3 is 10.2 Å². The zero-order valence-electron chi connectivity index (χ0n) is 15.0. The molecule has 0 bridgehead atoms. The molecule has 0 radical (unpaired) electrons. The maximum Gasteiger partial charge on any atom is 0.259 e. The molecule has 26 heavy (non-hydrogen) atoms. The Hall–Kier alpha value is -3.14. The van der Waals surface area contributed by atoms with Crippen molar-refractivity contribution >= 4 is 23.0 Å². The van der Waals surface area contributed by atoms with Crippen LogP contribution in [0.15, 0.2) is 60.9 Å². The first-order valence-corrected chi connectivity index (χ1v) is 8.81. The number of fused-ring (bicyclic) bond motifs is 1. The molecule has 2 heterocycles. The number of carbonyl (C=O) groups is 1. The Balaban J connectivity index is 1.59. The molecule has 3 aromatic rings. The molecule has 0 saturated heterocycles. The minimum absolute atomic E-state index is 0.00766. The smallest absolute Gasteiger partial charge is 0.259 e. The van der Waals surface area contributed by atoms with E-state index in [1.807, 2.05) is 29.2 Å². The first-order chi connectivity index (χ1) is 12.6.